The van der Waals surface area contributed by atoms with Crippen LogP contribution in [0.4, 0.5) is 11.4 Å². The number of anilines is 2. The average molecular weight is 425 g/mol. The maximum absolute atomic E-state index is 5.71. The Balaban J connectivity index is 1.64. The standard InChI is InChI=1S/C23H28N4O2S/c1-5-28-21-11-10-18(12-22(21)29-6-2)14-27-15-19(13-24-27)25-23(30)26-20-9-7-8-16(3)17(20)4/h7-13,15H,5-6,14H2,1-4H3,(H2,25,26,30). The van der Waals surface area contributed by atoms with E-state index in [1.54, 1.807) is 6.20 Å². The molecule has 1 heterocycles. The summed E-state index contributed by atoms with van der Waals surface area (Å²) in [5, 5.41) is 11.4. The lowest BCUT2D eigenvalue weighted by atomic mass is 10.1. The van der Waals surface area contributed by atoms with E-state index in [-0.39, 0.29) is 0 Å². The molecule has 2 N–H and O–H groups in total. The van der Waals surface area contributed by atoms with E-state index in [1.807, 2.05) is 55.1 Å². The number of aromatic nitrogens is 2. The van der Waals surface area contributed by atoms with Gasteiger partial charge in [0.2, 0.25) is 0 Å². The van der Waals surface area contributed by atoms with Crippen molar-refractivity contribution in [1.29, 1.82) is 0 Å². The van der Waals surface area contributed by atoms with Gasteiger partial charge in [0.15, 0.2) is 16.6 Å². The predicted octanol–water partition coefficient (Wildman–Crippen LogP) is 5.15. The first-order valence-electron chi connectivity index (χ1n) is 10.0. The Hall–Kier alpha value is -3.06. The second kappa shape index (κ2) is 10.1. The van der Waals surface area contributed by atoms with Crippen LogP contribution in [0.25, 0.3) is 0 Å². The van der Waals surface area contributed by atoms with E-state index >= 15 is 0 Å². The second-order valence-corrected chi connectivity index (χ2v) is 7.31. The van der Waals surface area contributed by atoms with Crippen molar-refractivity contribution >= 4 is 28.7 Å². The number of nitrogens with zero attached hydrogens (tertiary/aromatic N) is 2. The van der Waals surface area contributed by atoms with Crippen LogP contribution in [0.2, 0.25) is 0 Å². The van der Waals surface area contributed by atoms with Crippen LogP contribution in [0.15, 0.2) is 48.8 Å². The van der Waals surface area contributed by atoms with Crippen LogP contribution in [0, 0.1) is 13.8 Å². The Morgan fingerprint density at radius 1 is 1.03 bits per heavy atom. The summed E-state index contributed by atoms with van der Waals surface area (Å²) in [5.74, 6) is 1.51. The lowest BCUT2D eigenvalue weighted by Crippen LogP contribution is -2.19. The molecule has 1 aromatic heterocycles. The van der Waals surface area contributed by atoms with Crippen LogP contribution in [0.1, 0.15) is 30.5 Å². The molecule has 3 aromatic rings. The van der Waals surface area contributed by atoms with Gasteiger partial charge in [0.05, 0.1) is 31.6 Å². The molecule has 0 saturated heterocycles. The topological polar surface area (TPSA) is 60.3 Å². The number of hydrogen-bond acceptors (Lipinski definition) is 4. The first-order valence-corrected chi connectivity index (χ1v) is 10.5. The molecule has 0 fully saturated rings. The lowest BCUT2D eigenvalue weighted by Gasteiger charge is -2.13. The molecule has 0 unspecified atom stereocenters. The van der Waals surface area contributed by atoms with E-state index in [1.165, 1.54) is 11.1 Å². The van der Waals surface area contributed by atoms with Crippen molar-refractivity contribution in [3.8, 4) is 11.5 Å². The van der Waals surface area contributed by atoms with Crippen molar-refractivity contribution in [2.75, 3.05) is 23.8 Å². The fourth-order valence-corrected chi connectivity index (χ4v) is 3.29. The molecule has 3 rings (SSSR count). The van der Waals surface area contributed by atoms with Gasteiger partial charge in [0, 0.05) is 11.9 Å². The van der Waals surface area contributed by atoms with Crippen LogP contribution in [-0.4, -0.2) is 28.1 Å². The Bertz CT molecular complexity index is 1020. The van der Waals surface area contributed by atoms with E-state index in [2.05, 4.69) is 35.6 Å². The van der Waals surface area contributed by atoms with E-state index in [0.29, 0.717) is 24.9 Å². The fourth-order valence-electron chi connectivity index (χ4n) is 3.07. The normalized spacial score (nSPS) is 10.5. The molecule has 7 heteroatoms. The van der Waals surface area contributed by atoms with Crippen molar-refractivity contribution in [1.82, 2.24) is 9.78 Å². The van der Waals surface area contributed by atoms with Gasteiger partial charge in [-0.15, -0.1) is 0 Å². The Morgan fingerprint density at radius 3 is 2.57 bits per heavy atom. The molecule has 0 atom stereocenters. The zero-order valence-corrected chi connectivity index (χ0v) is 18.7. The summed E-state index contributed by atoms with van der Waals surface area (Å²) in [6, 6.07) is 12.1. The minimum absolute atomic E-state index is 0.531. The number of hydrogen-bond donors (Lipinski definition) is 2. The summed E-state index contributed by atoms with van der Waals surface area (Å²) in [4.78, 5) is 0. The van der Waals surface area contributed by atoms with E-state index in [0.717, 1.165) is 28.4 Å². The number of rotatable bonds is 8. The molecule has 0 spiro atoms. The molecule has 0 aliphatic heterocycles. The molecule has 0 aliphatic carbocycles. The summed E-state index contributed by atoms with van der Waals surface area (Å²) >= 11 is 5.46. The SMILES string of the molecule is CCOc1ccc(Cn2cc(NC(=S)Nc3cccc(C)c3C)cn2)cc1OCC. The summed E-state index contributed by atoms with van der Waals surface area (Å²) in [6.45, 7) is 9.88. The van der Waals surface area contributed by atoms with E-state index in [4.69, 9.17) is 21.7 Å². The molecule has 0 amide bonds. The zero-order valence-electron chi connectivity index (χ0n) is 17.9. The smallest absolute Gasteiger partial charge is 0.175 e. The van der Waals surface area contributed by atoms with Crippen molar-refractivity contribution in [3.63, 3.8) is 0 Å². The molecule has 0 aliphatic rings. The Labute approximate surface area is 183 Å². The molecule has 2 aromatic carbocycles. The number of benzene rings is 2. The molecule has 0 radical (unpaired) electrons. The van der Waals surface area contributed by atoms with Crippen LogP contribution in [0.5, 0.6) is 11.5 Å². The lowest BCUT2D eigenvalue weighted by molar-refractivity contribution is 0.287. The highest BCUT2D eigenvalue weighted by atomic mass is 32.1. The van der Waals surface area contributed by atoms with Gasteiger partial charge in [-0.1, -0.05) is 18.2 Å². The van der Waals surface area contributed by atoms with Gasteiger partial charge < -0.3 is 20.1 Å². The molecular formula is C23H28N4O2S. The van der Waals surface area contributed by atoms with Crippen LogP contribution in [-0.2, 0) is 6.54 Å². The minimum atomic E-state index is 0.531. The highest BCUT2D eigenvalue weighted by molar-refractivity contribution is 7.80. The maximum Gasteiger partial charge on any atom is 0.175 e. The van der Waals surface area contributed by atoms with Gasteiger partial charge in [-0.05, 0) is 74.8 Å². The summed E-state index contributed by atoms with van der Waals surface area (Å²) < 4.78 is 13.2. The largest absolute Gasteiger partial charge is 0.490 e. The second-order valence-electron chi connectivity index (χ2n) is 6.90. The number of thiocarbonyl (C=S) groups is 1. The number of nitrogens with one attached hydrogen (secondary N) is 2. The van der Waals surface area contributed by atoms with Crippen molar-refractivity contribution in [2.45, 2.75) is 34.2 Å². The van der Waals surface area contributed by atoms with Crippen molar-refractivity contribution in [3.05, 3.63) is 65.5 Å². The molecule has 0 bridgehead atoms. The van der Waals surface area contributed by atoms with Crippen LogP contribution in [0.3, 0.4) is 0 Å². The maximum atomic E-state index is 5.71. The fraction of sp³-hybridized carbons (Fsp3) is 0.304. The quantitative estimate of drug-likeness (QED) is 0.488. The summed E-state index contributed by atoms with van der Waals surface area (Å²) in [5.41, 5.74) is 5.30. The molecule has 158 valence electrons. The highest BCUT2D eigenvalue weighted by Crippen LogP contribution is 2.29. The third-order valence-electron chi connectivity index (χ3n) is 4.70. The number of ether oxygens (including phenoxy) is 2. The minimum Gasteiger partial charge on any atom is -0.490 e. The first kappa shape index (κ1) is 21.6. The first-order chi connectivity index (χ1) is 14.5. The number of aryl methyl sites for hydroxylation is 1. The molecule has 0 saturated carbocycles. The third kappa shape index (κ3) is 5.51. The van der Waals surface area contributed by atoms with Gasteiger partial charge in [-0.2, -0.15) is 5.10 Å². The van der Waals surface area contributed by atoms with Gasteiger partial charge in [0.1, 0.15) is 0 Å². The Morgan fingerprint density at radius 2 is 1.80 bits per heavy atom. The highest BCUT2D eigenvalue weighted by Gasteiger charge is 2.08. The van der Waals surface area contributed by atoms with Gasteiger partial charge in [-0.25, -0.2) is 0 Å². The molecular weight excluding hydrogens is 396 g/mol. The molecule has 6 nitrogen and oxygen atoms in total. The predicted molar refractivity (Wildman–Crippen MR) is 126 cm³/mol. The van der Waals surface area contributed by atoms with Crippen molar-refractivity contribution in [2.24, 2.45) is 0 Å². The summed E-state index contributed by atoms with van der Waals surface area (Å²) in [7, 11) is 0. The zero-order chi connectivity index (χ0) is 21.5. The van der Waals surface area contributed by atoms with Gasteiger partial charge in [0.25, 0.3) is 0 Å². The van der Waals surface area contributed by atoms with E-state index < -0.39 is 0 Å². The van der Waals surface area contributed by atoms with Crippen LogP contribution < -0.4 is 20.1 Å². The van der Waals surface area contributed by atoms with Gasteiger partial charge >= 0.3 is 0 Å². The monoisotopic (exact) mass is 424 g/mol. The Kier molecular flexibility index (Phi) is 7.30. The molecule has 30 heavy (non-hydrogen) atoms. The van der Waals surface area contributed by atoms with Crippen LogP contribution >= 0.6 is 12.2 Å². The third-order valence-corrected chi connectivity index (χ3v) is 4.90. The van der Waals surface area contributed by atoms with E-state index in [9.17, 15) is 0 Å². The average Bonchev–Trinajstić information content (AvgIpc) is 3.14. The van der Waals surface area contributed by atoms with Crippen molar-refractivity contribution < 1.29 is 9.47 Å². The van der Waals surface area contributed by atoms with Gasteiger partial charge in [-0.3, -0.25) is 4.68 Å². The summed E-state index contributed by atoms with van der Waals surface area (Å²) in [6.07, 6.45) is 3.68.